The minimum atomic E-state index is 0.181. The predicted octanol–water partition coefficient (Wildman–Crippen LogP) is -0.00870. The Morgan fingerprint density at radius 3 is 2.73 bits per heavy atom. The van der Waals surface area contributed by atoms with Crippen LogP contribution in [0.3, 0.4) is 0 Å². The van der Waals surface area contributed by atoms with Gasteiger partial charge in [0.25, 0.3) is 0 Å². The molecule has 1 saturated heterocycles. The first-order chi connectivity index (χ1) is 7.04. The van der Waals surface area contributed by atoms with Gasteiger partial charge in [-0.1, -0.05) is 6.92 Å². The quantitative estimate of drug-likeness (QED) is 0.717. The van der Waals surface area contributed by atoms with Crippen molar-refractivity contribution in [3.63, 3.8) is 0 Å². The molecule has 1 amide bonds. The van der Waals surface area contributed by atoms with Crippen molar-refractivity contribution in [1.29, 1.82) is 0 Å². The van der Waals surface area contributed by atoms with E-state index in [1.807, 2.05) is 0 Å². The summed E-state index contributed by atoms with van der Waals surface area (Å²) >= 11 is 0. The van der Waals surface area contributed by atoms with Crippen molar-refractivity contribution >= 4 is 5.91 Å². The molecule has 1 rings (SSSR count). The number of amides is 1. The van der Waals surface area contributed by atoms with E-state index in [0.717, 1.165) is 26.1 Å². The minimum Gasteiger partial charge on any atom is -0.348 e. The fourth-order valence-electron chi connectivity index (χ4n) is 2.01. The van der Waals surface area contributed by atoms with Crippen LogP contribution in [0.2, 0.25) is 0 Å². The lowest BCUT2D eigenvalue weighted by atomic mass is 9.87. The van der Waals surface area contributed by atoms with Gasteiger partial charge in [-0.05, 0) is 31.3 Å². The lowest BCUT2D eigenvalue weighted by Crippen LogP contribution is -2.46. The van der Waals surface area contributed by atoms with E-state index < -0.39 is 0 Å². The molecule has 1 fully saturated rings. The third-order valence-corrected chi connectivity index (χ3v) is 3.36. The number of nitrogens with two attached hydrogens (primary N) is 1. The number of rotatable bonds is 3. The Morgan fingerprint density at radius 1 is 1.53 bits per heavy atom. The topological polar surface area (TPSA) is 49.6 Å². The second kappa shape index (κ2) is 5.47. The zero-order valence-electron chi connectivity index (χ0n) is 10.1. The summed E-state index contributed by atoms with van der Waals surface area (Å²) < 4.78 is 0. The Hall–Kier alpha value is -0.610. The molecule has 2 N–H and O–H groups in total. The van der Waals surface area contributed by atoms with Gasteiger partial charge in [0.1, 0.15) is 0 Å². The van der Waals surface area contributed by atoms with Crippen molar-refractivity contribution in [1.82, 2.24) is 9.80 Å². The van der Waals surface area contributed by atoms with Crippen LogP contribution in [0.5, 0.6) is 0 Å². The first kappa shape index (κ1) is 12.5. The highest BCUT2D eigenvalue weighted by Crippen LogP contribution is 2.21. The van der Waals surface area contributed by atoms with Gasteiger partial charge in [0.05, 0.1) is 6.54 Å². The maximum Gasteiger partial charge on any atom is 0.236 e. The molecular formula is C11H23N3O. The van der Waals surface area contributed by atoms with E-state index in [1.54, 1.807) is 19.0 Å². The Balaban J connectivity index is 2.41. The number of piperidine rings is 1. The van der Waals surface area contributed by atoms with Gasteiger partial charge >= 0.3 is 0 Å². The number of likely N-dealkylation sites (N-methyl/N-ethyl adjacent to an activating group) is 1. The van der Waals surface area contributed by atoms with Gasteiger partial charge in [-0.25, -0.2) is 0 Å². The molecule has 1 aliphatic rings. The molecule has 0 aromatic rings. The molecule has 0 saturated carbocycles. The first-order valence-electron chi connectivity index (χ1n) is 5.67. The summed E-state index contributed by atoms with van der Waals surface area (Å²) in [6.07, 6.45) is 1.16. The van der Waals surface area contributed by atoms with E-state index in [0.29, 0.717) is 18.4 Å². The molecule has 4 nitrogen and oxygen atoms in total. The van der Waals surface area contributed by atoms with Crippen LogP contribution in [0.25, 0.3) is 0 Å². The molecular weight excluding hydrogens is 190 g/mol. The van der Waals surface area contributed by atoms with E-state index in [1.165, 1.54) is 0 Å². The molecule has 1 heterocycles. The van der Waals surface area contributed by atoms with Crippen LogP contribution in [0.15, 0.2) is 0 Å². The summed E-state index contributed by atoms with van der Waals surface area (Å²) in [6.45, 7) is 5.52. The molecule has 88 valence electrons. The zero-order valence-corrected chi connectivity index (χ0v) is 10.1. The summed E-state index contributed by atoms with van der Waals surface area (Å²) in [6, 6.07) is 0. The van der Waals surface area contributed by atoms with Crippen LogP contribution < -0.4 is 5.73 Å². The van der Waals surface area contributed by atoms with Gasteiger partial charge in [0.2, 0.25) is 5.91 Å². The maximum atomic E-state index is 11.5. The molecule has 4 heteroatoms. The lowest BCUT2D eigenvalue weighted by molar-refractivity contribution is -0.130. The second-order valence-electron chi connectivity index (χ2n) is 4.79. The fraction of sp³-hybridized carbons (Fsp3) is 0.909. The van der Waals surface area contributed by atoms with Gasteiger partial charge in [-0.3, -0.25) is 9.69 Å². The molecule has 0 aromatic heterocycles. The Bertz CT molecular complexity index is 218. The second-order valence-corrected chi connectivity index (χ2v) is 4.79. The third kappa shape index (κ3) is 3.47. The van der Waals surface area contributed by atoms with E-state index in [9.17, 15) is 4.79 Å². The molecule has 0 aliphatic carbocycles. The van der Waals surface area contributed by atoms with Crippen LogP contribution in [0.1, 0.15) is 13.3 Å². The maximum absolute atomic E-state index is 11.5. The lowest BCUT2D eigenvalue weighted by Gasteiger charge is -2.36. The Kier molecular flexibility index (Phi) is 4.54. The standard InChI is InChI=1S/C11H23N3O/c1-9-4-5-14(7-10(9)6-12)8-11(15)13(2)3/h9-10H,4-8,12H2,1-3H3. The molecule has 0 aromatic carbocycles. The third-order valence-electron chi connectivity index (χ3n) is 3.36. The van der Waals surface area contributed by atoms with Crippen LogP contribution in [-0.2, 0) is 4.79 Å². The van der Waals surface area contributed by atoms with E-state index >= 15 is 0 Å². The van der Waals surface area contributed by atoms with Crippen molar-refractivity contribution in [2.45, 2.75) is 13.3 Å². The average Bonchev–Trinajstić information content (AvgIpc) is 2.20. The number of carbonyl (C=O) groups is 1. The van der Waals surface area contributed by atoms with E-state index in [4.69, 9.17) is 5.73 Å². The van der Waals surface area contributed by atoms with Crippen molar-refractivity contribution in [2.75, 3.05) is 40.3 Å². The monoisotopic (exact) mass is 213 g/mol. The van der Waals surface area contributed by atoms with Crippen LogP contribution >= 0.6 is 0 Å². The highest BCUT2D eigenvalue weighted by molar-refractivity contribution is 5.77. The largest absolute Gasteiger partial charge is 0.348 e. The number of nitrogens with zero attached hydrogens (tertiary/aromatic N) is 2. The zero-order chi connectivity index (χ0) is 11.4. The SMILES string of the molecule is CC1CCN(CC(=O)N(C)C)CC1CN. The smallest absolute Gasteiger partial charge is 0.236 e. The minimum absolute atomic E-state index is 0.181. The summed E-state index contributed by atoms with van der Waals surface area (Å²) in [5, 5.41) is 0. The van der Waals surface area contributed by atoms with Gasteiger partial charge in [0.15, 0.2) is 0 Å². The van der Waals surface area contributed by atoms with Crippen molar-refractivity contribution in [3.05, 3.63) is 0 Å². The predicted molar refractivity (Wildman–Crippen MR) is 61.5 cm³/mol. The summed E-state index contributed by atoms with van der Waals surface area (Å²) in [4.78, 5) is 15.4. The normalized spacial score (nSPS) is 27.7. The summed E-state index contributed by atoms with van der Waals surface area (Å²) in [5.74, 6) is 1.43. The van der Waals surface area contributed by atoms with Gasteiger partial charge < -0.3 is 10.6 Å². The highest BCUT2D eigenvalue weighted by Gasteiger charge is 2.26. The molecule has 2 atom stereocenters. The molecule has 1 aliphatic heterocycles. The Labute approximate surface area is 92.4 Å². The van der Waals surface area contributed by atoms with E-state index in [2.05, 4.69) is 11.8 Å². The van der Waals surface area contributed by atoms with Crippen molar-refractivity contribution in [2.24, 2.45) is 17.6 Å². The molecule has 2 unspecified atom stereocenters. The first-order valence-corrected chi connectivity index (χ1v) is 5.67. The average molecular weight is 213 g/mol. The number of carbonyl (C=O) groups excluding carboxylic acids is 1. The van der Waals surface area contributed by atoms with Crippen LogP contribution in [0, 0.1) is 11.8 Å². The van der Waals surface area contributed by atoms with Gasteiger partial charge in [0, 0.05) is 20.6 Å². The molecule has 0 bridgehead atoms. The highest BCUT2D eigenvalue weighted by atomic mass is 16.2. The summed E-state index contributed by atoms with van der Waals surface area (Å²) in [5.41, 5.74) is 5.72. The van der Waals surface area contributed by atoms with Crippen molar-refractivity contribution in [3.8, 4) is 0 Å². The fourth-order valence-corrected chi connectivity index (χ4v) is 2.01. The van der Waals surface area contributed by atoms with Crippen molar-refractivity contribution < 1.29 is 4.79 Å². The van der Waals surface area contributed by atoms with E-state index in [-0.39, 0.29) is 5.91 Å². The molecule has 0 spiro atoms. The van der Waals surface area contributed by atoms with Gasteiger partial charge in [-0.2, -0.15) is 0 Å². The number of hydrogen-bond acceptors (Lipinski definition) is 3. The van der Waals surface area contributed by atoms with Crippen LogP contribution in [-0.4, -0.2) is 56.0 Å². The summed E-state index contributed by atoms with van der Waals surface area (Å²) in [7, 11) is 3.60. The van der Waals surface area contributed by atoms with Crippen LogP contribution in [0.4, 0.5) is 0 Å². The Morgan fingerprint density at radius 2 is 2.20 bits per heavy atom. The molecule has 15 heavy (non-hydrogen) atoms. The number of likely N-dealkylation sites (tertiary alicyclic amines) is 1. The molecule has 0 radical (unpaired) electrons. The van der Waals surface area contributed by atoms with Gasteiger partial charge in [-0.15, -0.1) is 0 Å². The number of hydrogen-bond donors (Lipinski definition) is 1.